The molecule has 1 N–H and O–H groups in total. The molecule has 1 aliphatic heterocycles. The zero-order chi connectivity index (χ0) is 19.6. The van der Waals surface area contributed by atoms with Crippen molar-refractivity contribution in [1.29, 1.82) is 0 Å². The Hall–Kier alpha value is -2.13. The molecule has 5 nitrogen and oxygen atoms in total. The van der Waals surface area contributed by atoms with Crippen molar-refractivity contribution in [2.24, 2.45) is 0 Å². The number of carbonyl (C=O) groups excluding carboxylic acids is 1. The molecule has 1 aliphatic rings. The van der Waals surface area contributed by atoms with E-state index in [2.05, 4.69) is 17.0 Å². The number of halogens is 3. The van der Waals surface area contributed by atoms with Crippen LogP contribution in [0.15, 0.2) is 30.9 Å². The molecule has 1 amide bonds. The van der Waals surface area contributed by atoms with Crippen molar-refractivity contribution in [3.63, 3.8) is 0 Å². The van der Waals surface area contributed by atoms with Crippen LogP contribution in [0, 0.1) is 0 Å². The van der Waals surface area contributed by atoms with Crippen LogP contribution in [0.3, 0.4) is 0 Å². The van der Waals surface area contributed by atoms with E-state index >= 15 is 0 Å². The van der Waals surface area contributed by atoms with Gasteiger partial charge in [0.25, 0.3) is 5.91 Å². The van der Waals surface area contributed by atoms with E-state index in [1.54, 1.807) is 19.1 Å². The van der Waals surface area contributed by atoms with Crippen LogP contribution in [0.5, 0.6) is 0 Å². The van der Waals surface area contributed by atoms with Gasteiger partial charge in [-0.2, -0.15) is 18.3 Å². The Kier molecular flexibility index (Phi) is 5.71. The molecule has 0 aliphatic carbocycles. The lowest BCUT2D eigenvalue weighted by Gasteiger charge is -2.13. The van der Waals surface area contributed by atoms with E-state index in [4.69, 9.17) is 4.74 Å². The fourth-order valence-electron chi connectivity index (χ4n) is 2.83. The van der Waals surface area contributed by atoms with Gasteiger partial charge < -0.3 is 10.1 Å². The SMILES string of the molecule is C=CC(C)n1nc(-c2ccc(C(=O)NC[C@H]3CCCO3)s2)cc1C(F)(F)F. The standard InChI is InChI=1S/C18H20F3N3O2S/c1-3-11(2)24-16(18(19,20)21)9-13(23-24)14-6-7-15(27-14)17(25)22-10-12-5-4-8-26-12/h3,6-7,9,11-12H,1,4-5,8,10H2,2H3,(H,22,25)/t11?,12-/m1/s1. The van der Waals surface area contributed by atoms with Crippen LogP contribution in [0.1, 0.15) is 41.2 Å². The van der Waals surface area contributed by atoms with Crippen molar-refractivity contribution in [2.45, 2.75) is 38.1 Å². The number of allylic oxidation sites excluding steroid dienone is 1. The number of nitrogens with zero attached hydrogens (tertiary/aromatic N) is 2. The highest BCUT2D eigenvalue weighted by atomic mass is 32.1. The zero-order valence-electron chi connectivity index (χ0n) is 14.8. The molecule has 3 heterocycles. The minimum Gasteiger partial charge on any atom is -0.376 e. The fourth-order valence-corrected chi connectivity index (χ4v) is 3.71. The monoisotopic (exact) mass is 399 g/mol. The molecule has 0 spiro atoms. The molecule has 2 aromatic heterocycles. The van der Waals surface area contributed by atoms with Crippen LogP contribution in [0.4, 0.5) is 13.2 Å². The van der Waals surface area contributed by atoms with Gasteiger partial charge in [0.15, 0.2) is 0 Å². The van der Waals surface area contributed by atoms with Gasteiger partial charge in [-0.15, -0.1) is 17.9 Å². The third-order valence-electron chi connectivity index (χ3n) is 4.35. The molecule has 0 saturated carbocycles. The van der Waals surface area contributed by atoms with Gasteiger partial charge >= 0.3 is 6.18 Å². The summed E-state index contributed by atoms with van der Waals surface area (Å²) in [6.07, 6.45) is -1.21. The Labute approximate surface area is 158 Å². The lowest BCUT2D eigenvalue weighted by atomic mass is 10.2. The molecule has 27 heavy (non-hydrogen) atoms. The largest absolute Gasteiger partial charge is 0.433 e. The number of alkyl halides is 3. The molecule has 9 heteroatoms. The highest BCUT2D eigenvalue weighted by molar-refractivity contribution is 7.17. The third-order valence-corrected chi connectivity index (χ3v) is 5.46. The summed E-state index contributed by atoms with van der Waals surface area (Å²) in [5, 5.41) is 6.88. The maximum atomic E-state index is 13.3. The summed E-state index contributed by atoms with van der Waals surface area (Å²) < 4.78 is 46.2. The minimum atomic E-state index is -4.53. The lowest BCUT2D eigenvalue weighted by Crippen LogP contribution is -2.31. The molecule has 1 fully saturated rings. The minimum absolute atomic E-state index is 0.0267. The summed E-state index contributed by atoms with van der Waals surface area (Å²) in [7, 11) is 0. The van der Waals surface area contributed by atoms with Crippen molar-refractivity contribution in [3.05, 3.63) is 41.4 Å². The lowest BCUT2D eigenvalue weighted by molar-refractivity contribution is -0.144. The number of hydrogen-bond donors (Lipinski definition) is 1. The molecule has 0 bridgehead atoms. The van der Waals surface area contributed by atoms with Crippen molar-refractivity contribution in [1.82, 2.24) is 15.1 Å². The first-order valence-corrected chi connectivity index (χ1v) is 9.40. The van der Waals surface area contributed by atoms with Crippen LogP contribution in [-0.4, -0.2) is 34.9 Å². The summed E-state index contributed by atoms with van der Waals surface area (Å²) in [5.41, 5.74) is -0.665. The van der Waals surface area contributed by atoms with Gasteiger partial charge in [-0.05, 0) is 38.0 Å². The van der Waals surface area contributed by atoms with E-state index in [0.717, 1.165) is 34.9 Å². The van der Waals surface area contributed by atoms with Crippen LogP contribution in [-0.2, 0) is 10.9 Å². The fraction of sp³-hybridized carbons (Fsp3) is 0.444. The maximum Gasteiger partial charge on any atom is 0.433 e. The first kappa shape index (κ1) is 19.6. The number of ether oxygens (including phenoxy) is 1. The van der Waals surface area contributed by atoms with E-state index < -0.39 is 17.9 Å². The highest BCUT2D eigenvalue weighted by Crippen LogP contribution is 2.36. The van der Waals surface area contributed by atoms with E-state index in [9.17, 15) is 18.0 Å². The van der Waals surface area contributed by atoms with Crippen LogP contribution in [0.25, 0.3) is 10.6 Å². The first-order valence-electron chi connectivity index (χ1n) is 8.59. The first-order chi connectivity index (χ1) is 12.8. The molecule has 3 rings (SSSR count). The van der Waals surface area contributed by atoms with Crippen LogP contribution in [0.2, 0.25) is 0 Å². The van der Waals surface area contributed by atoms with Gasteiger partial charge in [-0.1, -0.05) is 6.08 Å². The van der Waals surface area contributed by atoms with Crippen molar-refractivity contribution in [2.75, 3.05) is 13.2 Å². The number of aromatic nitrogens is 2. The van der Waals surface area contributed by atoms with Gasteiger partial charge in [0.2, 0.25) is 0 Å². The molecule has 0 radical (unpaired) electrons. The van der Waals surface area contributed by atoms with Crippen molar-refractivity contribution < 1.29 is 22.7 Å². The normalized spacial score (nSPS) is 18.4. The van der Waals surface area contributed by atoms with E-state index in [1.807, 2.05) is 0 Å². The Morgan fingerprint density at radius 3 is 2.96 bits per heavy atom. The molecule has 0 aromatic carbocycles. The Balaban J connectivity index is 1.78. The quantitative estimate of drug-likeness (QED) is 0.738. The van der Waals surface area contributed by atoms with Crippen molar-refractivity contribution in [3.8, 4) is 10.6 Å². The summed E-state index contributed by atoms with van der Waals surface area (Å²) in [6, 6.07) is 3.59. The second-order valence-corrected chi connectivity index (χ2v) is 7.43. The molecule has 1 saturated heterocycles. The van der Waals surface area contributed by atoms with E-state index in [1.165, 1.54) is 6.08 Å². The Morgan fingerprint density at radius 1 is 1.56 bits per heavy atom. The molecular formula is C18H20F3N3O2S. The number of thiophene rings is 1. The number of rotatable bonds is 6. The summed E-state index contributed by atoms with van der Waals surface area (Å²) >= 11 is 1.11. The van der Waals surface area contributed by atoms with Crippen LogP contribution >= 0.6 is 11.3 Å². The summed E-state index contributed by atoms with van der Waals surface area (Å²) in [6.45, 7) is 6.25. The Morgan fingerprint density at radius 2 is 2.33 bits per heavy atom. The second-order valence-electron chi connectivity index (χ2n) is 6.34. The van der Waals surface area contributed by atoms with Gasteiger partial charge in [0.1, 0.15) is 11.4 Å². The average Bonchev–Trinajstić information content (AvgIpc) is 3.37. The highest BCUT2D eigenvalue weighted by Gasteiger charge is 2.37. The smallest absolute Gasteiger partial charge is 0.376 e. The number of hydrogen-bond acceptors (Lipinski definition) is 4. The predicted octanol–water partition coefficient (Wildman–Crippen LogP) is 4.29. The van der Waals surface area contributed by atoms with E-state index in [-0.39, 0.29) is 17.7 Å². The predicted molar refractivity (Wildman–Crippen MR) is 96.8 cm³/mol. The molecule has 2 atom stereocenters. The topological polar surface area (TPSA) is 56.2 Å². The third kappa shape index (κ3) is 4.41. The second kappa shape index (κ2) is 7.85. The van der Waals surface area contributed by atoms with Gasteiger partial charge in [0, 0.05) is 13.2 Å². The van der Waals surface area contributed by atoms with Gasteiger partial charge in [0.05, 0.1) is 21.9 Å². The van der Waals surface area contributed by atoms with Crippen LogP contribution < -0.4 is 5.32 Å². The maximum absolute atomic E-state index is 13.3. The van der Waals surface area contributed by atoms with Gasteiger partial charge in [-0.25, -0.2) is 0 Å². The summed E-state index contributed by atoms with van der Waals surface area (Å²) in [5.74, 6) is -0.267. The summed E-state index contributed by atoms with van der Waals surface area (Å²) in [4.78, 5) is 13.2. The number of amides is 1. The molecule has 146 valence electrons. The number of nitrogens with one attached hydrogen (secondary N) is 1. The zero-order valence-corrected chi connectivity index (χ0v) is 15.6. The number of carbonyl (C=O) groups is 1. The van der Waals surface area contributed by atoms with Gasteiger partial charge in [-0.3, -0.25) is 9.48 Å². The Bertz CT molecular complexity index is 822. The molecular weight excluding hydrogens is 379 g/mol. The molecule has 1 unspecified atom stereocenters. The molecule has 2 aromatic rings. The average molecular weight is 399 g/mol. The van der Waals surface area contributed by atoms with Crippen molar-refractivity contribution >= 4 is 17.2 Å². The van der Waals surface area contributed by atoms with E-state index in [0.29, 0.717) is 22.9 Å².